The van der Waals surface area contributed by atoms with Crippen molar-refractivity contribution in [2.75, 3.05) is 7.11 Å². The lowest BCUT2D eigenvalue weighted by atomic mass is 9.91. The summed E-state index contributed by atoms with van der Waals surface area (Å²) in [6.07, 6.45) is 0.141. The molecule has 0 aliphatic heterocycles. The number of hydrogen-bond donors (Lipinski definition) is 1. The van der Waals surface area contributed by atoms with Crippen molar-refractivity contribution in [2.24, 2.45) is 0 Å². The zero-order chi connectivity index (χ0) is 13.3. The molecule has 0 radical (unpaired) electrons. The predicted octanol–water partition coefficient (Wildman–Crippen LogP) is 2.75. The molecule has 0 bridgehead atoms. The molecular formula is C13H11F3O2. The first-order chi connectivity index (χ1) is 8.48. The number of benzene rings is 1. The zero-order valence-electron chi connectivity index (χ0n) is 9.53. The van der Waals surface area contributed by atoms with Crippen LogP contribution < -0.4 is 0 Å². The fraction of sp³-hybridized carbons (Fsp3) is 0.231. The third kappa shape index (κ3) is 1.90. The number of aliphatic hydroxyl groups is 1. The predicted molar refractivity (Wildman–Crippen MR) is 60.4 cm³/mol. The minimum absolute atomic E-state index is 0.0453. The van der Waals surface area contributed by atoms with Crippen LogP contribution >= 0.6 is 0 Å². The van der Waals surface area contributed by atoms with E-state index in [1.807, 2.05) is 0 Å². The van der Waals surface area contributed by atoms with Gasteiger partial charge in [-0.2, -0.15) is 8.78 Å². The quantitative estimate of drug-likeness (QED) is 0.881. The van der Waals surface area contributed by atoms with Gasteiger partial charge >= 0.3 is 5.92 Å². The third-order valence-electron chi connectivity index (χ3n) is 2.79. The van der Waals surface area contributed by atoms with Gasteiger partial charge in [0.05, 0.1) is 7.11 Å². The molecule has 1 unspecified atom stereocenters. The Kier molecular flexibility index (Phi) is 3.17. The van der Waals surface area contributed by atoms with Crippen molar-refractivity contribution < 1.29 is 23.0 Å². The van der Waals surface area contributed by atoms with Gasteiger partial charge in [-0.05, 0) is 17.7 Å². The van der Waals surface area contributed by atoms with Gasteiger partial charge in [-0.3, -0.25) is 0 Å². The summed E-state index contributed by atoms with van der Waals surface area (Å²) in [6, 6.07) is 5.45. The number of halogens is 3. The van der Waals surface area contributed by atoms with E-state index in [0.717, 1.165) is 19.3 Å². The number of hydrogen-bond acceptors (Lipinski definition) is 2. The minimum Gasteiger partial charge on any atom is -0.495 e. The highest BCUT2D eigenvalue weighted by Gasteiger charge is 2.48. The van der Waals surface area contributed by atoms with Crippen LogP contribution in [0.4, 0.5) is 13.2 Å². The largest absolute Gasteiger partial charge is 0.495 e. The maximum atomic E-state index is 13.7. The smallest absolute Gasteiger partial charge is 0.333 e. The maximum absolute atomic E-state index is 13.7. The second kappa shape index (κ2) is 4.49. The van der Waals surface area contributed by atoms with Crippen LogP contribution in [0.5, 0.6) is 0 Å². The summed E-state index contributed by atoms with van der Waals surface area (Å²) in [4.78, 5) is 0. The fourth-order valence-corrected chi connectivity index (χ4v) is 1.83. The SMILES string of the molecule is COC1=CC=C(c2ccccc2F)C(O)C1(F)F. The second-order valence-electron chi connectivity index (χ2n) is 3.86. The van der Waals surface area contributed by atoms with Crippen LogP contribution in [0.1, 0.15) is 5.56 Å². The highest BCUT2D eigenvalue weighted by molar-refractivity contribution is 5.73. The lowest BCUT2D eigenvalue weighted by Gasteiger charge is -2.29. The van der Waals surface area contributed by atoms with E-state index in [0.29, 0.717) is 0 Å². The average molecular weight is 256 g/mol. The lowest BCUT2D eigenvalue weighted by molar-refractivity contribution is -0.0844. The molecule has 0 saturated heterocycles. The Bertz CT molecular complexity index is 521. The number of rotatable bonds is 2. The Morgan fingerprint density at radius 3 is 2.50 bits per heavy atom. The molecule has 1 aliphatic rings. The zero-order valence-corrected chi connectivity index (χ0v) is 9.53. The average Bonchev–Trinajstić information content (AvgIpc) is 2.34. The van der Waals surface area contributed by atoms with E-state index >= 15 is 0 Å². The number of ether oxygens (including phenoxy) is 1. The van der Waals surface area contributed by atoms with Crippen molar-refractivity contribution in [3.05, 3.63) is 53.6 Å². The Labute approximate surface area is 102 Å². The molecule has 0 fully saturated rings. The second-order valence-corrected chi connectivity index (χ2v) is 3.86. The molecule has 2 nitrogen and oxygen atoms in total. The van der Waals surface area contributed by atoms with Crippen LogP contribution in [-0.4, -0.2) is 24.2 Å². The van der Waals surface area contributed by atoms with E-state index in [-0.39, 0.29) is 11.1 Å². The van der Waals surface area contributed by atoms with Gasteiger partial charge in [0.15, 0.2) is 11.9 Å². The van der Waals surface area contributed by atoms with Gasteiger partial charge in [-0.1, -0.05) is 24.3 Å². The van der Waals surface area contributed by atoms with Crippen LogP contribution in [0.15, 0.2) is 42.2 Å². The normalized spacial score (nSPS) is 22.2. The molecule has 1 aliphatic carbocycles. The summed E-state index contributed by atoms with van der Waals surface area (Å²) >= 11 is 0. The molecule has 18 heavy (non-hydrogen) atoms. The fourth-order valence-electron chi connectivity index (χ4n) is 1.83. The topological polar surface area (TPSA) is 29.5 Å². The number of methoxy groups -OCH3 is 1. The van der Waals surface area contributed by atoms with Gasteiger partial charge in [-0.25, -0.2) is 4.39 Å². The lowest BCUT2D eigenvalue weighted by Crippen LogP contribution is -2.39. The van der Waals surface area contributed by atoms with Crippen molar-refractivity contribution in [3.63, 3.8) is 0 Å². The van der Waals surface area contributed by atoms with E-state index < -0.39 is 23.6 Å². The Morgan fingerprint density at radius 2 is 1.89 bits per heavy atom. The number of allylic oxidation sites excluding steroid dienone is 2. The molecule has 1 N–H and O–H groups in total. The van der Waals surface area contributed by atoms with E-state index in [2.05, 4.69) is 4.74 Å². The van der Waals surface area contributed by atoms with E-state index in [1.54, 1.807) is 0 Å². The summed E-state index contributed by atoms with van der Waals surface area (Å²) in [5.74, 6) is -4.87. The molecule has 0 amide bonds. The summed E-state index contributed by atoms with van der Waals surface area (Å²) < 4.78 is 45.5. The van der Waals surface area contributed by atoms with Crippen molar-refractivity contribution in [2.45, 2.75) is 12.0 Å². The van der Waals surface area contributed by atoms with E-state index in [1.165, 1.54) is 24.3 Å². The van der Waals surface area contributed by atoms with Gasteiger partial charge < -0.3 is 9.84 Å². The molecule has 1 aromatic carbocycles. The van der Waals surface area contributed by atoms with Crippen LogP contribution in [0.3, 0.4) is 0 Å². The molecule has 0 heterocycles. The third-order valence-corrected chi connectivity index (χ3v) is 2.79. The summed E-state index contributed by atoms with van der Waals surface area (Å²) in [7, 11) is 1.09. The first-order valence-corrected chi connectivity index (χ1v) is 5.25. The Hall–Kier alpha value is -1.75. The van der Waals surface area contributed by atoms with Crippen molar-refractivity contribution in [3.8, 4) is 0 Å². The minimum atomic E-state index is -3.57. The van der Waals surface area contributed by atoms with Gasteiger partial charge in [0, 0.05) is 5.56 Å². The molecule has 5 heteroatoms. The monoisotopic (exact) mass is 256 g/mol. The summed E-state index contributed by atoms with van der Waals surface area (Å²) in [5, 5.41) is 9.67. The van der Waals surface area contributed by atoms with Gasteiger partial charge in [0.1, 0.15) is 5.82 Å². The van der Waals surface area contributed by atoms with Crippen molar-refractivity contribution in [1.29, 1.82) is 0 Å². The van der Waals surface area contributed by atoms with Crippen molar-refractivity contribution >= 4 is 5.57 Å². The van der Waals surface area contributed by atoms with Crippen LogP contribution in [0, 0.1) is 5.82 Å². The molecule has 2 rings (SSSR count). The molecule has 0 spiro atoms. The Balaban J connectivity index is 2.51. The molecule has 96 valence electrons. The van der Waals surface area contributed by atoms with E-state index in [4.69, 9.17) is 0 Å². The molecular weight excluding hydrogens is 245 g/mol. The molecule has 1 atom stereocenters. The summed E-state index contributed by atoms with van der Waals surface area (Å²) in [5.41, 5.74) is -0.213. The van der Waals surface area contributed by atoms with E-state index in [9.17, 15) is 18.3 Å². The Morgan fingerprint density at radius 1 is 1.22 bits per heavy atom. The van der Waals surface area contributed by atoms with Crippen LogP contribution in [0.25, 0.3) is 5.57 Å². The molecule has 0 saturated carbocycles. The van der Waals surface area contributed by atoms with Gasteiger partial charge in [0.25, 0.3) is 0 Å². The first-order valence-electron chi connectivity index (χ1n) is 5.25. The maximum Gasteiger partial charge on any atom is 0.333 e. The molecule has 1 aromatic rings. The number of aliphatic hydroxyl groups excluding tert-OH is 1. The van der Waals surface area contributed by atoms with Crippen molar-refractivity contribution in [1.82, 2.24) is 0 Å². The standard InChI is InChI=1S/C13H11F3O2/c1-18-11-7-6-9(12(17)13(11,15)16)8-4-2-3-5-10(8)14/h2-7,12,17H,1H3. The van der Waals surface area contributed by atoms with Crippen LogP contribution in [-0.2, 0) is 4.74 Å². The first kappa shape index (κ1) is 12.7. The summed E-state index contributed by atoms with van der Waals surface area (Å²) in [6.45, 7) is 0. The van der Waals surface area contributed by atoms with Gasteiger partial charge in [-0.15, -0.1) is 0 Å². The van der Waals surface area contributed by atoms with Gasteiger partial charge in [0.2, 0.25) is 0 Å². The highest BCUT2D eigenvalue weighted by atomic mass is 19.3. The van der Waals surface area contributed by atoms with Crippen LogP contribution in [0.2, 0.25) is 0 Å². The number of alkyl halides is 2. The highest BCUT2D eigenvalue weighted by Crippen LogP contribution is 2.39. The molecule has 0 aromatic heterocycles.